The fourth-order valence-corrected chi connectivity index (χ4v) is 6.84. The minimum Gasteiger partial charge on any atom is -1.00 e. The molecule has 1 aliphatic rings. The van der Waals surface area contributed by atoms with Crippen molar-refractivity contribution in [3.8, 4) is 11.1 Å². The van der Waals surface area contributed by atoms with Crippen molar-refractivity contribution in [1.29, 1.82) is 0 Å². The van der Waals surface area contributed by atoms with Crippen LogP contribution in [0.25, 0.3) is 11.1 Å². The molecule has 0 aromatic heterocycles. The van der Waals surface area contributed by atoms with Crippen LogP contribution in [-0.4, -0.2) is 3.21 Å². The third kappa shape index (κ3) is 12.8. The number of halogens is 8. The molecule has 0 heterocycles. The van der Waals surface area contributed by atoms with E-state index >= 15 is 0 Å². The molecule has 0 bridgehead atoms. The van der Waals surface area contributed by atoms with Crippen LogP contribution in [0.3, 0.4) is 0 Å². The van der Waals surface area contributed by atoms with E-state index in [2.05, 4.69) is 124 Å². The number of hydrogen-bond acceptors (Lipinski definition) is 0. The molecule has 0 saturated heterocycles. The van der Waals surface area contributed by atoms with Gasteiger partial charge in [0, 0.05) is 0 Å². The molecule has 56 heavy (non-hydrogen) atoms. The van der Waals surface area contributed by atoms with Gasteiger partial charge in [-0.1, -0.05) is 105 Å². The summed E-state index contributed by atoms with van der Waals surface area (Å²) < 4.78 is 76.7. The van der Waals surface area contributed by atoms with Crippen LogP contribution in [0.2, 0.25) is 0 Å². The van der Waals surface area contributed by atoms with E-state index in [1.165, 1.54) is 68.8 Å². The maximum atomic E-state index is 12.7. The summed E-state index contributed by atoms with van der Waals surface area (Å²) in [6, 6.07) is 31.1. The summed E-state index contributed by atoms with van der Waals surface area (Å²) in [5, 5.41) is 0. The van der Waals surface area contributed by atoms with Crippen LogP contribution in [0.15, 0.2) is 97.1 Å². The van der Waals surface area contributed by atoms with Crippen LogP contribution in [0.4, 0.5) is 26.3 Å². The Bertz CT molecular complexity index is 1960. The van der Waals surface area contributed by atoms with E-state index in [-0.39, 0.29) is 46.8 Å². The van der Waals surface area contributed by atoms with Gasteiger partial charge in [-0.2, -0.15) is 47.0 Å². The molecule has 5 aromatic rings. The zero-order valence-corrected chi connectivity index (χ0v) is 37.6. The molecule has 0 unspecified atom stereocenters. The largest absolute Gasteiger partial charge is 1.00 e. The molecule has 300 valence electrons. The van der Waals surface area contributed by atoms with Crippen molar-refractivity contribution in [3.63, 3.8) is 0 Å². The van der Waals surface area contributed by atoms with Gasteiger partial charge in [-0.05, 0) is 28.4 Å². The first-order valence-corrected chi connectivity index (χ1v) is 19.4. The third-order valence-electron chi connectivity index (χ3n) is 9.51. The van der Waals surface area contributed by atoms with E-state index in [1.54, 1.807) is 0 Å². The Morgan fingerprint density at radius 1 is 0.607 bits per heavy atom. The summed E-state index contributed by atoms with van der Waals surface area (Å²) in [5.74, 6) is 0. The second-order valence-corrected chi connectivity index (χ2v) is 18.2. The number of alkyl halides is 6. The zero-order valence-electron chi connectivity index (χ0n) is 33.7. The van der Waals surface area contributed by atoms with Crippen molar-refractivity contribution in [1.82, 2.24) is 0 Å². The molecular weight excluding hydrogens is 841 g/mol. The molecule has 6 rings (SSSR count). The summed E-state index contributed by atoms with van der Waals surface area (Å²) in [4.78, 5) is 0. The molecule has 0 fully saturated rings. The Labute approximate surface area is 357 Å². The summed E-state index contributed by atoms with van der Waals surface area (Å²) >= 11 is 0.729. The third-order valence-corrected chi connectivity index (χ3v) is 10.9. The van der Waals surface area contributed by atoms with Gasteiger partial charge in [0.15, 0.2) is 0 Å². The van der Waals surface area contributed by atoms with Gasteiger partial charge in [-0.25, -0.2) is 6.07 Å². The predicted molar refractivity (Wildman–Crippen MR) is 207 cm³/mol. The minimum absolute atomic E-state index is 0. The van der Waals surface area contributed by atoms with E-state index in [0.717, 1.165) is 61.3 Å². The van der Waals surface area contributed by atoms with Crippen LogP contribution in [0.1, 0.15) is 125 Å². The molecule has 0 atom stereocenters. The van der Waals surface area contributed by atoms with Crippen molar-refractivity contribution in [3.05, 3.63) is 159 Å². The normalized spacial score (nSPS) is 12.5. The summed E-state index contributed by atoms with van der Waals surface area (Å²) in [6.45, 7) is 22.6. The number of benzene rings is 4. The Kier molecular flexibility index (Phi) is 16.6. The van der Waals surface area contributed by atoms with Crippen molar-refractivity contribution in [2.75, 3.05) is 0 Å². The monoisotopic (exact) mass is 888 g/mol. The molecule has 1 aliphatic carbocycles. The smallest absolute Gasteiger partial charge is 1.00 e. The molecule has 9 heteroatoms. The van der Waals surface area contributed by atoms with Gasteiger partial charge >= 0.3 is 137 Å². The number of fused-ring (bicyclic) bond motifs is 3. The maximum absolute atomic E-state index is 12.7. The van der Waals surface area contributed by atoms with Gasteiger partial charge in [0.2, 0.25) is 0 Å². The first kappa shape index (κ1) is 49.3. The van der Waals surface area contributed by atoms with Crippen LogP contribution >= 0.6 is 0 Å². The van der Waals surface area contributed by atoms with Crippen LogP contribution in [-0.2, 0) is 65.7 Å². The molecule has 0 amide bonds. The zero-order chi connectivity index (χ0) is 40.4. The SMILES string of the molecule is CC(C)(C)c1[c-]c2c(cc1)-c1ccc(C(C)(C)C)cc1C2.CCc1cc(C(C)(C)C)c[cH-]1.FC(F)(F)c1cccc([C](=[Zr+2])c2cccc(C(F)(F)F)c2)c1.[Cl-].[Cl-]. The van der Waals surface area contributed by atoms with E-state index in [4.69, 9.17) is 0 Å². The molecule has 0 N–H and O–H groups in total. The van der Waals surface area contributed by atoms with Gasteiger partial charge < -0.3 is 24.8 Å². The van der Waals surface area contributed by atoms with Crippen LogP contribution in [0, 0.1) is 6.07 Å². The molecule has 0 saturated carbocycles. The average molecular weight is 891 g/mol. The summed E-state index contributed by atoms with van der Waals surface area (Å²) in [5.41, 5.74) is 10.8. The van der Waals surface area contributed by atoms with E-state index in [0.29, 0.717) is 8.62 Å². The molecule has 5 aromatic carbocycles. The van der Waals surface area contributed by atoms with Crippen molar-refractivity contribution < 1.29 is 75.4 Å². The average Bonchev–Trinajstić information content (AvgIpc) is 3.72. The number of hydrogen-bond donors (Lipinski definition) is 0. The molecule has 0 spiro atoms. The second kappa shape index (κ2) is 18.8. The van der Waals surface area contributed by atoms with E-state index in [9.17, 15) is 26.3 Å². The number of rotatable bonds is 3. The summed E-state index contributed by atoms with van der Waals surface area (Å²) in [6.07, 6.45) is -6.80. The maximum Gasteiger partial charge on any atom is -1.00 e. The van der Waals surface area contributed by atoms with Crippen molar-refractivity contribution >= 4 is 3.21 Å². The van der Waals surface area contributed by atoms with Crippen molar-refractivity contribution in [2.45, 2.75) is 111 Å². The van der Waals surface area contributed by atoms with Crippen LogP contribution in [0.5, 0.6) is 0 Å². The fraction of sp³-hybridized carbons (Fsp3) is 0.362. The molecule has 0 nitrogen and oxygen atoms in total. The first-order valence-electron chi connectivity index (χ1n) is 18.2. The minimum atomic E-state index is -4.49. The van der Waals surface area contributed by atoms with Gasteiger partial charge in [0.05, 0.1) is 0 Å². The fourth-order valence-electron chi connectivity index (χ4n) is 6.08. The van der Waals surface area contributed by atoms with E-state index < -0.39 is 23.5 Å². The quantitative estimate of drug-likeness (QED) is 0.126. The topological polar surface area (TPSA) is 0 Å². The van der Waals surface area contributed by atoms with Crippen LogP contribution < -0.4 is 24.8 Å². The van der Waals surface area contributed by atoms with Gasteiger partial charge in [-0.3, -0.25) is 0 Å². The first-order chi connectivity index (χ1) is 24.8. The Hall–Kier alpha value is -2.86. The van der Waals surface area contributed by atoms with Gasteiger partial charge in [0.25, 0.3) is 0 Å². The Morgan fingerprint density at radius 3 is 1.52 bits per heavy atom. The van der Waals surface area contributed by atoms with Crippen molar-refractivity contribution in [2.24, 2.45) is 0 Å². The predicted octanol–water partition coefficient (Wildman–Crippen LogP) is 7.77. The summed E-state index contributed by atoms with van der Waals surface area (Å²) in [7, 11) is 0. The number of aryl methyl sites for hydroxylation is 1. The van der Waals surface area contributed by atoms with E-state index in [1.807, 2.05) is 0 Å². The Balaban J connectivity index is 0.000000300. The van der Waals surface area contributed by atoms with Gasteiger partial charge in [-0.15, -0.1) is 11.1 Å². The second-order valence-electron chi connectivity index (χ2n) is 17.0. The Morgan fingerprint density at radius 2 is 1.11 bits per heavy atom. The standard InChI is InChI=1S/C21H25.C15H8F6.C11H17.2ClH.Zr/c1-20(2,3)16-7-9-18-14(12-16)11-15-13-17(21(4,5)6)8-10-19(15)18;16-14(17,18)12-5-1-3-10(8-12)7-11-4-2-6-13(9-11)15(19,20)21;1-5-9-6-7-10(8-9)11(2,3)4;;;/h7-10,12H,11H2,1-6H3;1-6,8-9H;6-8H,5H2,1-4H3;2*1H;/q-1;;-1;;;+2/p-2. The van der Waals surface area contributed by atoms with Gasteiger partial charge in [0.1, 0.15) is 0 Å². The molecule has 0 radical (unpaired) electrons. The molecular formula is C47H50Cl2F6Zr-2. The molecule has 0 aliphatic heterocycles.